The van der Waals surface area contributed by atoms with Crippen LogP contribution in [0.15, 0.2) is 12.1 Å². The Labute approximate surface area is 93.6 Å². The van der Waals surface area contributed by atoms with Crippen molar-refractivity contribution >= 4 is 11.5 Å². The van der Waals surface area contributed by atoms with Gasteiger partial charge in [-0.3, -0.25) is 14.9 Å². The number of halogens is 2. The van der Waals surface area contributed by atoms with E-state index >= 15 is 0 Å². The van der Waals surface area contributed by atoms with Crippen LogP contribution in [-0.4, -0.2) is 29.3 Å². The zero-order valence-corrected chi connectivity index (χ0v) is 8.52. The number of hydrogen-bond acceptors (Lipinski definition) is 5. The van der Waals surface area contributed by atoms with Crippen LogP contribution >= 0.6 is 0 Å². The van der Waals surface area contributed by atoms with E-state index in [1.807, 2.05) is 0 Å². The predicted octanol–water partition coefficient (Wildman–Crippen LogP) is 1.76. The lowest BCUT2D eigenvalue weighted by Gasteiger charge is -2.06. The lowest BCUT2D eigenvalue weighted by molar-refractivity contribution is -0.386. The number of nitro benzene ring substituents is 1. The minimum atomic E-state index is -3.29. The van der Waals surface area contributed by atoms with Gasteiger partial charge in [0.25, 0.3) is 0 Å². The summed E-state index contributed by atoms with van der Waals surface area (Å²) in [4.78, 5) is 20.5. The highest BCUT2D eigenvalue weighted by atomic mass is 19.3. The van der Waals surface area contributed by atoms with Crippen molar-refractivity contribution in [3.63, 3.8) is 0 Å². The van der Waals surface area contributed by atoms with E-state index in [9.17, 15) is 28.8 Å². The summed E-state index contributed by atoms with van der Waals surface area (Å²) in [6.45, 7) is 0. The highest BCUT2D eigenvalue weighted by Gasteiger charge is 2.25. The molecule has 0 heterocycles. The molecule has 1 N–H and O–H groups in total. The number of Topliss-reactive ketones (excluding diaryl/α,β-unsaturated/α-hetero) is 1. The first-order chi connectivity index (χ1) is 7.88. The monoisotopic (exact) mass is 247 g/mol. The first-order valence-corrected chi connectivity index (χ1v) is 4.26. The number of rotatable bonds is 4. The van der Waals surface area contributed by atoms with Crippen molar-refractivity contribution in [2.75, 3.05) is 7.11 Å². The highest BCUT2D eigenvalue weighted by Crippen LogP contribution is 2.37. The van der Waals surface area contributed by atoms with Crippen LogP contribution < -0.4 is 4.74 Å². The summed E-state index contributed by atoms with van der Waals surface area (Å²) in [5.74, 6) is -2.81. The molecule has 0 aliphatic carbocycles. The van der Waals surface area contributed by atoms with Crippen molar-refractivity contribution in [2.45, 2.75) is 6.43 Å². The van der Waals surface area contributed by atoms with Gasteiger partial charge < -0.3 is 9.84 Å². The van der Waals surface area contributed by atoms with Crippen LogP contribution in [0.3, 0.4) is 0 Å². The lowest BCUT2D eigenvalue weighted by Crippen LogP contribution is -2.10. The van der Waals surface area contributed by atoms with E-state index in [4.69, 9.17) is 0 Å². The summed E-state index contributed by atoms with van der Waals surface area (Å²) in [5.41, 5.74) is -1.46. The molecule has 1 aromatic carbocycles. The Morgan fingerprint density at radius 1 is 1.53 bits per heavy atom. The highest BCUT2D eigenvalue weighted by molar-refractivity contribution is 5.99. The second kappa shape index (κ2) is 4.73. The SMILES string of the molecule is COc1cc(C(=O)C(F)F)cc([N+](=O)[O-])c1O. The fraction of sp³-hybridized carbons (Fsp3) is 0.222. The van der Waals surface area contributed by atoms with Gasteiger partial charge in [0.15, 0.2) is 5.75 Å². The van der Waals surface area contributed by atoms with E-state index in [0.717, 1.165) is 13.2 Å². The van der Waals surface area contributed by atoms with Crippen LogP contribution in [-0.2, 0) is 0 Å². The maximum Gasteiger partial charge on any atom is 0.315 e. The van der Waals surface area contributed by atoms with E-state index < -0.39 is 39.9 Å². The van der Waals surface area contributed by atoms with Crippen molar-refractivity contribution in [1.29, 1.82) is 0 Å². The molecular weight excluding hydrogens is 240 g/mol. The number of nitrogens with zero attached hydrogens (tertiary/aromatic N) is 1. The lowest BCUT2D eigenvalue weighted by atomic mass is 10.1. The number of ketones is 1. The third-order valence-electron chi connectivity index (χ3n) is 1.95. The van der Waals surface area contributed by atoms with Gasteiger partial charge in [-0.05, 0) is 6.07 Å². The molecule has 0 spiro atoms. The Morgan fingerprint density at radius 2 is 2.12 bits per heavy atom. The fourth-order valence-electron chi connectivity index (χ4n) is 1.16. The minimum Gasteiger partial charge on any atom is -0.500 e. The minimum absolute atomic E-state index is 0.414. The number of aromatic hydroxyl groups is 1. The summed E-state index contributed by atoms with van der Waals surface area (Å²) in [5, 5.41) is 19.9. The number of phenols is 1. The Morgan fingerprint density at radius 3 is 2.53 bits per heavy atom. The molecular formula is C9H7F2NO5. The van der Waals surface area contributed by atoms with Crippen LogP contribution in [0.1, 0.15) is 10.4 Å². The van der Waals surface area contributed by atoms with Crippen molar-refractivity contribution in [3.8, 4) is 11.5 Å². The van der Waals surface area contributed by atoms with Gasteiger partial charge in [-0.25, -0.2) is 8.78 Å². The van der Waals surface area contributed by atoms with Gasteiger partial charge >= 0.3 is 12.1 Å². The van der Waals surface area contributed by atoms with Crippen LogP contribution in [0.5, 0.6) is 11.5 Å². The number of phenolic OH excluding ortho intramolecular Hbond substituents is 1. The number of methoxy groups -OCH3 is 1. The quantitative estimate of drug-likeness (QED) is 0.497. The van der Waals surface area contributed by atoms with Crippen LogP contribution in [0.25, 0.3) is 0 Å². The van der Waals surface area contributed by atoms with Gasteiger partial charge in [0, 0.05) is 11.6 Å². The standard InChI is InChI=1S/C9H7F2NO5/c1-17-6-3-4(7(13)9(10)11)2-5(8(6)14)12(15)16/h2-3,9,14H,1H3. The first-order valence-electron chi connectivity index (χ1n) is 4.26. The Balaban J connectivity index is 3.40. The molecule has 0 radical (unpaired) electrons. The van der Waals surface area contributed by atoms with E-state index in [-0.39, 0.29) is 0 Å². The number of ether oxygens (including phenoxy) is 1. The van der Waals surface area contributed by atoms with Crippen molar-refractivity contribution in [3.05, 3.63) is 27.8 Å². The van der Waals surface area contributed by atoms with Gasteiger partial charge in [0.05, 0.1) is 12.0 Å². The molecule has 8 heteroatoms. The molecule has 0 aromatic heterocycles. The average Bonchev–Trinajstić information content (AvgIpc) is 2.27. The van der Waals surface area contributed by atoms with Gasteiger partial charge in [-0.1, -0.05) is 0 Å². The molecule has 6 nitrogen and oxygen atoms in total. The molecule has 0 amide bonds. The summed E-state index contributed by atoms with van der Waals surface area (Å²) in [6.07, 6.45) is -3.29. The van der Waals surface area contributed by atoms with E-state index in [1.165, 1.54) is 0 Å². The van der Waals surface area contributed by atoms with Crippen molar-refractivity contribution in [2.24, 2.45) is 0 Å². The maximum atomic E-state index is 12.2. The first kappa shape index (κ1) is 12.8. The Hall–Kier alpha value is -2.25. The van der Waals surface area contributed by atoms with Gasteiger partial charge in [0.1, 0.15) is 0 Å². The largest absolute Gasteiger partial charge is 0.500 e. The van der Waals surface area contributed by atoms with Crippen LogP contribution in [0.4, 0.5) is 14.5 Å². The average molecular weight is 247 g/mol. The maximum absolute atomic E-state index is 12.2. The molecule has 17 heavy (non-hydrogen) atoms. The number of benzene rings is 1. The Bertz CT molecular complexity index is 475. The van der Waals surface area contributed by atoms with Crippen molar-refractivity contribution in [1.82, 2.24) is 0 Å². The molecule has 1 aromatic rings. The number of hydrogen-bond donors (Lipinski definition) is 1. The van der Waals surface area contributed by atoms with E-state index in [2.05, 4.69) is 4.74 Å². The zero-order valence-electron chi connectivity index (χ0n) is 8.52. The predicted molar refractivity (Wildman–Crippen MR) is 51.6 cm³/mol. The number of alkyl halides is 2. The molecule has 0 atom stereocenters. The third kappa shape index (κ3) is 2.47. The van der Waals surface area contributed by atoms with Gasteiger partial charge in [-0.15, -0.1) is 0 Å². The molecule has 0 aliphatic heterocycles. The van der Waals surface area contributed by atoms with Gasteiger partial charge in [0.2, 0.25) is 11.5 Å². The topological polar surface area (TPSA) is 89.7 Å². The molecule has 0 saturated heterocycles. The number of nitro groups is 1. The molecule has 0 fully saturated rings. The third-order valence-corrected chi connectivity index (χ3v) is 1.95. The van der Waals surface area contributed by atoms with Crippen LogP contribution in [0, 0.1) is 10.1 Å². The van der Waals surface area contributed by atoms with E-state index in [0.29, 0.717) is 6.07 Å². The molecule has 92 valence electrons. The molecule has 0 aliphatic rings. The van der Waals surface area contributed by atoms with E-state index in [1.54, 1.807) is 0 Å². The number of carbonyl (C=O) groups excluding carboxylic acids is 1. The van der Waals surface area contributed by atoms with Crippen molar-refractivity contribution < 1.29 is 28.3 Å². The van der Waals surface area contributed by atoms with Gasteiger partial charge in [-0.2, -0.15) is 0 Å². The second-order valence-electron chi connectivity index (χ2n) is 2.97. The normalized spacial score (nSPS) is 10.4. The smallest absolute Gasteiger partial charge is 0.315 e. The molecule has 0 unspecified atom stereocenters. The zero-order chi connectivity index (χ0) is 13.2. The number of carbonyl (C=O) groups is 1. The second-order valence-corrected chi connectivity index (χ2v) is 2.97. The fourth-order valence-corrected chi connectivity index (χ4v) is 1.16. The summed E-state index contributed by atoms with van der Waals surface area (Å²) in [7, 11) is 1.08. The molecule has 0 bridgehead atoms. The summed E-state index contributed by atoms with van der Waals surface area (Å²) < 4.78 is 28.9. The Kier molecular flexibility index (Phi) is 3.56. The summed E-state index contributed by atoms with van der Waals surface area (Å²) >= 11 is 0. The molecule has 1 rings (SSSR count). The van der Waals surface area contributed by atoms with Crippen LogP contribution in [0.2, 0.25) is 0 Å². The summed E-state index contributed by atoms with van der Waals surface area (Å²) in [6, 6.07) is 1.39. The molecule has 0 saturated carbocycles.